The summed E-state index contributed by atoms with van der Waals surface area (Å²) in [6, 6.07) is 27.2. The second-order valence-corrected chi connectivity index (χ2v) is 10.1. The highest BCUT2D eigenvalue weighted by atomic mass is 79.9. The number of hydrogen-bond acceptors (Lipinski definition) is 4. The van der Waals surface area contributed by atoms with Crippen LogP contribution in [0.2, 0.25) is 0 Å². The molecular weight excluding hydrogens is 544 g/mol. The number of benzene rings is 4. The molecule has 0 radical (unpaired) electrons. The Morgan fingerprint density at radius 3 is 2.45 bits per heavy atom. The third-order valence-corrected chi connectivity index (χ3v) is 7.28. The van der Waals surface area contributed by atoms with E-state index in [2.05, 4.69) is 85.4 Å². The number of halogens is 2. The minimum Gasteiger partial charge on any atom is -0.496 e. The number of methoxy groups -OCH3 is 1. The van der Waals surface area contributed by atoms with Gasteiger partial charge < -0.3 is 9.47 Å². The zero-order chi connectivity index (χ0) is 22.5. The molecule has 33 heavy (non-hydrogen) atoms. The van der Waals surface area contributed by atoms with Crippen molar-refractivity contribution in [2.75, 3.05) is 7.11 Å². The molecule has 4 aromatic rings. The van der Waals surface area contributed by atoms with E-state index in [1.165, 1.54) is 10.8 Å². The van der Waals surface area contributed by atoms with Crippen LogP contribution in [0.25, 0.3) is 10.8 Å². The van der Waals surface area contributed by atoms with Gasteiger partial charge in [-0.3, -0.25) is 0 Å². The van der Waals surface area contributed by atoms with Crippen LogP contribution in [-0.4, -0.2) is 17.8 Å². The molecule has 0 aromatic heterocycles. The van der Waals surface area contributed by atoms with Gasteiger partial charge in [0, 0.05) is 20.9 Å². The molecule has 2 atom stereocenters. The van der Waals surface area contributed by atoms with Crippen molar-refractivity contribution >= 4 is 48.3 Å². The average molecular weight is 564 g/mol. The smallest absolute Gasteiger partial charge is 0.217 e. The fourth-order valence-electron chi connectivity index (χ4n) is 4.70. The van der Waals surface area contributed by atoms with E-state index in [4.69, 9.17) is 14.6 Å². The Morgan fingerprint density at radius 1 is 0.879 bits per heavy atom. The van der Waals surface area contributed by atoms with Crippen molar-refractivity contribution < 1.29 is 9.47 Å². The van der Waals surface area contributed by atoms with Gasteiger partial charge in [-0.2, -0.15) is 5.10 Å². The van der Waals surface area contributed by atoms with Crippen molar-refractivity contribution in [2.45, 2.75) is 18.7 Å². The lowest BCUT2D eigenvalue weighted by atomic mass is 9.95. The molecule has 2 aliphatic heterocycles. The monoisotopic (exact) mass is 562 g/mol. The highest BCUT2D eigenvalue weighted by Crippen LogP contribution is 2.49. The van der Waals surface area contributed by atoms with Crippen molar-refractivity contribution in [3.05, 3.63) is 104 Å². The molecule has 0 aliphatic carbocycles. The lowest BCUT2D eigenvalue weighted by Crippen LogP contribution is -2.34. The van der Waals surface area contributed by atoms with Crippen molar-refractivity contribution in [2.24, 2.45) is 5.10 Å². The summed E-state index contributed by atoms with van der Waals surface area (Å²) in [6.45, 7) is 0. The number of nitrogens with zero attached hydrogens (tertiary/aromatic N) is 2. The Balaban J connectivity index is 1.48. The van der Waals surface area contributed by atoms with E-state index in [0.29, 0.717) is 0 Å². The van der Waals surface area contributed by atoms with Crippen LogP contribution in [0.3, 0.4) is 0 Å². The van der Waals surface area contributed by atoms with Crippen LogP contribution in [0.5, 0.6) is 11.5 Å². The van der Waals surface area contributed by atoms with E-state index >= 15 is 0 Å². The molecule has 2 aliphatic rings. The van der Waals surface area contributed by atoms with E-state index in [-0.39, 0.29) is 6.04 Å². The molecular formula is C27H20Br2N2O2. The van der Waals surface area contributed by atoms with Gasteiger partial charge in [0.1, 0.15) is 11.5 Å². The summed E-state index contributed by atoms with van der Waals surface area (Å²) in [5.74, 6) is 1.65. The molecule has 0 saturated carbocycles. The van der Waals surface area contributed by atoms with E-state index in [1.807, 2.05) is 30.3 Å². The molecule has 6 heteroatoms. The van der Waals surface area contributed by atoms with Gasteiger partial charge in [0.15, 0.2) is 0 Å². The minimum atomic E-state index is -0.394. The Kier molecular flexibility index (Phi) is 5.15. The van der Waals surface area contributed by atoms with Gasteiger partial charge in [-0.15, -0.1) is 0 Å². The van der Waals surface area contributed by atoms with Gasteiger partial charge in [0.25, 0.3) is 0 Å². The zero-order valence-corrected chi connectivity index (χ0v) is 21.0. The summed E-state index contributed by atoms with van der Waals surface area (Å²) in [5.41, 5.74) is 4.27. The molecule has 2 heterocycles. The molecule has 0 N–H and O–H groups in total. The standard InChI is InChI=1S/C27H20Br2N2O2/c1-32-25-10-8-20(29)14-22(25)27-31-24(21-13-19(28)9-11-26(21)33-27)15-23(30-31)18-7-6-16-4-2-3-5-17(16)12-18/h2-14,24,27H,15H2,1H3/t24-,27-/m1/s1. The predicted octanol–water partition coefficient (Wildman–Crippen LogP) is 7.62. The first-order valence-corrected chi connectivity index (χ1v) is 12.3. The van der Waals surface area contributed by atoms with Crippen molar-refractivity contribution in [1.82, 2.24) is 5.01 Å². The molecule has 0 saturated heterocycles. The van der Waals surface area contributed by atoms with Crippen LogP contribution in [0, 0.1) is 0 Å². The number of rotatable bonds is 3. The van der Waals surface area contributed by atoms with Gasteiger partial charge in [-0.1, -0.05) is 68.3 Å². The average Bonchev–Trinajstić information content (AvgIpc) is 3.29. The quantitative estimate of drug-likeness (QED) is 0.257. The third-order valence-electron chi connectivity index (χ3n) is 6.29. The van der Waals surface area contributed by atoms with Crippen LogP contribution in [0.4, 0.5) is 0 Å². The largest absolute Gasteiger partial charge is 0.496 e. The van der Waals surface area contributed by atoms with E-state index in [1.54, 1.807) is 7.11 Å². The molecule has 164 valence electrons. The maximum absolute atomic E-state index is 6.54. The molecule has 0 fully saturated rings. The van der Waals surface area contributed by atoms with Crippen LogP contribution < -0.4 is 9.47 Å². The highest BCUT2D eigenvalue weighted by Gasteiger charge is 2.42. The summed E-state index contributed by atoms with van der Waals surface area (Å²) >= 11 is 7.24. The lowest BCUT2D eigenvalue weighted by molar-refractivity contribution is -0.0204. The van der Waals surface area contributed by atoms with E-state index in [9.17, 15) is 0 Å². The van der Waals surface area contributed by atoms with Gasteiger partial charge in [0.05, 0.1) is 24.4 Å². The molecule has 0 amide bonds. The van der Waals surface area contributed by atoms with Crippen LogP contribution >= 0.6 is 31.9 Å². The second kappa shape index (κ2) is 8.19. The summed E-state index contributed by atoms with van der Waals surface area (Å²) < 4.78 is 14.2. The molecule has 0 unspecified atom stereocenters. The highest BCUT2D eigenvalue weighted by molar-refractivity contribution is 9.10. The molecule has 0 spiro atoms. The third kappa shape index (κ3) is 3.62. The van der Waals surface area contributed by atoms with Crippen LogP contribution in [0.1, 0.15) is 35.4 Å². The molecule has 4 aromatic carbocycles. The Labute approximate surface area is 209 Å². The zero-order valence-electron chi connectivity index (χ0n) is 17.8. The topological polar surface area (TPSA) is 34.1 Å². The fraction of sp³-hybridized carbons (Fsp3) is 0.148. The second-order valence-electron chi connectivity index (χ2n) is 8.25. The lowest BCUT2D eigenvalue weighted by Gasteiger charge is -2.38. The maximum atomic E-state index is 6.54. The first-order valence-electron chi connectivity index (χ1n) is 10.8. The first-order chi connectivity index (χ1) is 16.1. The minimum absolute atomic E-state index is 0.0707. The Hall–Kier alpha value is -2.83. The summed E-state index contributed by atoms with van der Waals surface area (Å²) in [4.78, 5) is 0. The van der Waals surface area contributed by atoms with Crippen molar-refractivity contribution in [3.63, 3.8) is 0 Å². The van der Waals surface area contributed by atoms with Gasteiger partial charge in [-0.05, 0) is 58.8 Å². The molecule has 0 bridgehead atoms. The first kappa shape index (κ1) is 20.8. The van der Waals surface area contributed by atoms with Crippen molar-refractivity contribution in [1.29, 1.82) is 0 Å². The summed E-state index contributed by atoms with van der Waals surface area (Å²) in [5, 5.41) is 9.65. The number of ether oxygens (including phenoxy) is 2. The van der Waals surface area contributed by atoms with Crippen LogP contribution in [0.15, 0.2) is 92.9 Å². The van der Waals surface area contributed by atoms with Gasteiger partial charge in [-0.25, -0.2) is 5.01 Å². The maximum Gasteiger partial charge on any atom is 0.217 e. The number of fused-ring (bicyclic) bond motifs is 4. The van der Waals surface area contributed by atoms with Gasteiger partial charge in [0.2, 0.25) is 6.23 Å². The molecule has 4 nitrogen and oxygen atoms in total. The fourth-order valence-corrected chi connectivity index (χ4v) is 5.46. The van der Waals surface area contributed by atoms with Gasteiger partial charge >= 0.3 is 0 Å². The Morgan fingerprint density at radius 2 is 1.64 bits per heavy atom. The summed E-state index contributed by atoms with van der Waals surface area (Å²) in [6.07, 6.45) is 0.409. The van der Waals surface area contributed by atoms with E-state index in [0.717, 1.165) is 49.3 Å². The normalized spacial score (nSPS) is 19.0. The SMILES string of the molecule is COc1ccc(Br)cc1[C@H]1Oc2ccc(Br)cc2[C@H]2CC(c3ccc4ccccc4c3)=NN21. The predicted molar refractivity (Wildman–Crippen MR) is 138 cm³/mol. The van der Waals surface area contributed by atoms with E-state index < -0.39 is 6.23 Å². The number of hydrogen-bond donors (Lipinski definition) is 0. The van der Waals surface area contributed by atoms with Crippen LogP contribution in [-0.2, 0) is 0 Å². The molecule has 6 rings (SSSR count). The summed E-state index contributed by atoms with van der Waals surface area (Å²) in [7, 11) is 1.69. The Bertz CT molecular complexity index is 1420. The van der Waals surface area contributed by atoms with Crippen molar-refractivity contribution in [3.8, 4) is 11.5 Å². The number of hydrazone groups is 1.